The van der Waals surface area contributed by atoms with Crippen molar-refractivity contribution in [2.24, 2.45) is 0 Å². The summed E-state index contributed by atoms with van der Waals surface area (Å²) in [6, 6.07) is 2.51. The van der Waals surface area contributed by atoms with Crippen LogP contribution in [-0.4, -0.2) is 30.8 Å². The number of halogens is 9. The van der Waals surface area contributed by atoms with Crippen LogP contribution in [0.5, 0.6) is 0 Å². The molecular weight excluding hydrogens is 535 g/mol. The van der Waals surface area contributed by atoms with Crippen LogP contribution in [0.1, 0.15) is 29.2 Å². The first-order valence-corrected chi connectivity index (χ1v) is 10.9. The zero-order valence-corrected chi connectivity index (χ0v) is 18.4. The molecule has 1 atom stereocenters. The van der Waals surface area contributed by atoms with Gasteiger partial charge in [-0.05, 0) is 43.3 Å². The summed E-state index contributed by atoms with van der Waals surface area (Å²) in [6.07, 6.45) is -15.8. The predicted octanol–water partition coefficient (Wildman–Crippen LogP) is 4.78. The third kappa shape index (κ3) is 6.66. The Morgan fingerprint density at radius 3 is 1.83 bits per heavy atom. The molecule has 0 fully saturated rings. The molecule has 1 amide bonds. The minimum atomic E-state index is -5.38. The summed E-state index contributed by atoms with van der Waals surface area (Å²) in [7, 11) is -5.20. The maximum Gasteiger partial charge on any atom is 0.417 e. The van der Waals surface area contributed by atoms with Crippen molar-refractivity contribution in [2.45, 2.75) is 35.9 Å². The lowest BCUT2D eigenvalue weighted by Gasteiger charge is -2.23. The lowest BCUT2D eigenvalue weighted by atomic mass is 10.1. The van der Waals surface area contributed by atoms with Crippen LogP contribution in [0.4, 0.5) is 45.2 Å². The number of amides is 1. The molecule has 0 aromatic heterocycles. The normalized spacial score (nSPS) is 14.6. The molecule has 16 heteroatoms. The molecule has 2 rings (SSSR count). The van der Waals surface area contributed by atoms with Crippen molar-refractivity contribution in [3.05, 3.63) is 58.7 Å². The summed E-state index contributed by atoms with van der Waals surface area (Å²) >= 11 is 0. The molecule has 36 heavy (non-hydrogen) atoms. The van der Waals surface area contributed by atoms with Crippen molar-refractivity contribution in [1.82, 2.24) is 0 Å². The molecule has 2 aromatic carbocycles. The highest BCUT2D eigenvalue weighted by Crippen LogP contribution is 2.38. The fourth-order valence-corrected chi connectivity index (χ4v) is 4.50. The molecule has 0 unspecified atom stereocenters. The molecule has 0 aliphatic carbocycles. The second-order valence-corrected chi connectivity index (χ2v) is 9.59. The smallest absolute Gasteiger partial charge is 0.379 e. The van der Waals surface area contributed by atoms with Crippen molar-refractivity contribution in [3.8, 4) is 6.07 Å². The number of benzene rings is 2. The van der Waals surface area contributed by atoms with E-state index in [0.717, 1.165) is 6.07 Å². The second kappa shape index (κ2) is 9.28. The van der Waals surface area contributed by atoms with Crippen LogP contribution in [-0.2, 0) is 33.2 Å². The van der Waals surface area contributed by atoms with Gasteiger partial charge >= 0.3 is 18.5 Å². The van der Waals surface area contributed by atoms with Crippen LogP contribution in [0, 0.1) is 11.3 Å². The van der Waals surface area contributed by atoms with Crippen LogP contribution < -0.4 is 5.32 Å². The molecule has 6 nitrogen and oxygen atoms in total. The number of rotatable bonds is 5. The fourth-order valence-electron chi connectivity index (χ4n) is 2.84. The van der Waals surface area contributed by atoms with Crippen molar-refractivity contribution in [3.63, 3.8) is 0 Å². The molecular formula is C20H13F9N2O4S. The van der Waals surface area contributed by atoms with Gasteiger partial charge in [0.15, 0.2) is 15.4 Å². The Labute approximate surface area is 196 Å². The Kier molecular flexibility index (Phi) is 7.45. The summed E-state index contributed by atoms with van der Waals surface area (Å²) in [4.78, 5) is 10.9. The minimum Gasteiger partial charge on any atom is -0.379 e. The van der Waals surface area contributed by atoms with Gasteiger partial charge in [-0.25, -0.2) is 8.42 Å². The number of nitrogens with one attached hydrogen (secondary N) is 1. The third-order valence-corrected chi connectivity index (χ3v) is 6.48. The number of carbonyl (C=O) groups is 1. The second-order valence-electron chi connectivity index (χ2n) is 7.60. The van der Waals surface area contributed by atoms with Crippen LogP contribution in [0.15, 0.2) is 41.3 Å². The van der Waals surface area contributed by atoms with Gasteiger partial charge < -0.3 is 10.4 Å². The van der Waals surface area contributed by atoms with E-state index in [2.05, 4.69) is 0 Å². The highest BCUT2D eigenvalue weighted by atomic mass is 32.2. The van der Waals surface area contributed by atoms with Gasteiger partial charge in [0.2, 0.25) is 0 Å². The predicted molar refractivity (Wildman–Crippen MR) is 104 cm³/mol. The summed E-state index contributed by atoms with van der Waals surface area (Å²) in [5, 5.41) is 20.9. The number of alkyl halides is 9. The zero-order chi connectivity index (χ0) is 27.9. The number of sulfone groups is 1. The van der Waals surface area contributed by atoms with Crippen molar-refractivity contribution >= 4 is 21.4 Å². The van der Waals surface area contributed by atoms with Gasteiger partial charge in [-0.15, -0.1) is 0 Å². The Balaban J connectivity index is 2.42. The van der Waals surface area contributed by atoms with Gasteiger partial charge in [0.1, 0.15) is 0 Å². The molecule has 0 saturated heterocycles. The highest BCUT2D eigenvalue weighted by Gasteiger charge is 2.41. The minimum absolute atomic E-state index is 0.116. The molecule has 0 saturated carbocycles. The fraction of sp³-hybridized carbons (Fsp3) is 0.300. The Morgan fingerprint density at radius 1 is 0.917 bits per heavy atom. The summed E-state index contributed by atoms with van der Waals surface area (Å²) in [6.45, 7) is 0.534. The first-order valence-electron chi connectivity index (χ1n) is 9.25. The topological polar surface area (TPSA) is 107 Å². The number of nitrogens with zero attached hydrogens (tertiary/aromatic N) is 1. The third-order valence-electron chi connectivity index (χ3n) is 4.58. The summed E-state index contributed by atoms with van der Waals surface area (Å²) in [5.41, 5.74) is -9.88. The van der Waals surface area contributed by atoms with E-state index in [0.29, 0.717) is 19.1 Å². The number of hydrogen-bond acceptors (Lipinski definition) is 5. The van der Waals surface area contributed by atoms with Gasteiger partial charge in [-0.2, -0.15) is 44.8 Å². The van der Waals surface area contributed by atoms with Crippen molar-refractivity contribution in [2.75, 3.05) is 11.1 Å². The molecule has 0 heterocycles. The summed E-state index contributed by atoms with van der Waals surface area (Å²) < 4.78 is 143. The van der Waals surface area contributed by atoms with E-state index in [1.165, 1.54) is 6.07 Å². The molecule has 0 radical (unpaired) electrons. The number of nitriles is 1. The molecule has 2 aromatic rings. The van der Waals surface area contributed by atoms with Gasteiger partial charge in [0.25, 0.3) is 5.91 Å². The SMILES string of the molecule is C[C@](O)(CS(=O)(=O)c1cc(C(F)(F)F)cc(C(F)(F)F)c1)C(=O)Nc1ccc(C#N)c(C(F)(F)F)c1. The van der Waals surface area contributed by atoms with E-state index in [4.69, 9.17) is 5.26 Å². The van der Waals surface area contributed by atoms with E-state index < -0.39 is 78.5 Å². The van der Waals surface area contributed by atoms with E-state index in [1.807, 2.05) is 0 Å². The first kappa shape index (κ1) is 28.9. The average molecular weight is 548 g/mol. The van der Waals surface area contributed by atoms with Gasteiger partial charge in [-0.1, -0.05) is 0 Å². The molecule has 0 spiro atoms. The number of anilines is 1. The maximum atomic E-state index is 13.1. The Morgan fingerprint density at radius 2 is 1.42 bits per heavy atom. The lowest BCUT2D eigenvalue weighted by molar-refractivity contribution is -0.143. The average Bonchev–Trinajstić information content (AvgIpc) is 2.70. The monoisotopic (exact) mass is 548 g/mol. The number of carbonyl (C=O) groups excluding carboxylic acids is 1. The van der Waals surface area contributed by atoms with E-state index in [9.17, 15) is 57.8 Å². The van der Waals surface area contributed by atoms with Crippen LogP contribution >= 0.6 is 0 Å². The molecule has 0 bridgehead atoms. The highest BCUT2D eigenvalue weighted by molar-refractivity contribution is 7.91. The van der Waals surface area contributed by atoms with Crippen LogP contribution in [0.2, 0.25) is 0 Å². The first-order chi connectivity index (χ1) is 16.1. The van der Waals surface area contributed by atoms with E-state index in [1.54, 1.807) is 5.32 Å². The number of hydrogen-bond donors (Lipinski definition) is 2. The lowest BCUT2D eigenvalue weighted by Crippen LogP contribution is -2.45. The quantitative estimate of drug-likeness (QED) is 0.524. The number of aliphatic hydroxyl groups is 1. The Hall–Kier alpha value is -3.32. The maximum absolute atomic E-state index is 13.1. The molecule has 196 valence electrons. The molecule has 2 N–H and O–H groups in total. The van der Waals surface area contributed by atoms with Crippen LogP contribution in [0.3, 0.4) is 0 Å². The van der Waals surface area contributed by atoms with E-state index in [-0.39, 0.29) is 18.2 Å². The van der Waals surface area contributed by atoms with E-state index >= 15 is 0 Å². The summed E-state index contributed by atoms with van der Waals surface area (Å²) in [5.74, 6) is -3.38. The Bertz CT molecular complexity index is 1290. The van der Waals surface area contributed by atoms with Crippen LogP contribution in [0.25, 0.3) is 0 Å². The van der Waals surface area contributed by atoms with Gasteiger partial charge in [0, 0.05) is 5.69 Å². The molecule has 0 aliphatic heterocycles. The van der Waals surface area contributed by atoms with Crippen molar-refractivity contribution < 1.29 is 57.8 Å². The molecule has 0 aliphatic rings. The van der Waals surface area contributed by atoms with Gasteiger partial charge in [0.05, 0.1) is 39.0 Å². The van der Waals surface area contributed by atoms with Gasteiger partial charge in [-0.3, -0.25) is 4.79 Å². The zero-order valence-electron chi connectivity index (χ0n) is 17.6. The van der Waals surface area contributed by atoms with Crippen molar-refractivity contribution in [1.29, 1.82) is 5.26 Å². The largest absolute Gasteiger partial charge is 0.417 e. The standard InChI is InChI=1S/C20H13F9N2O4S/c1-17(33,16(32)31-13-3-2-10(8-30)15(7-13)20(27,28)29)9-36(34,35)14-5-11(18(21,22)23)4-12(6-14)19(24,25)26/h2-7,33H,9H2,1H3,(H,31,32)/t17-/m0/s1.